The number of hydrogen-bond donors (Lipinski definition) is 1. The third-order valence-electron chi connectivity index (χ3n) is 5.22. The van der Waals surface area contributed by atoms with Crippen LogP contribution in [0.25, 0.3) is 0 Å². The summed E-state index contributed by atoms with van der Waals surface area (Å²) >= 11 is 0. The van der Waals surface area contributed by atoms with Crippen LogP contribution in [0.2, 0.25) is 0 Å². The second-order valence-corrected chi connectivity index (χ2v) is 9.03. The van der Waals surface area contributed by atoms with Gasteiger partial charge in [0.05, 0.1) is 5.56 Å². The minimum atomic E-state index is -4.00. The summed E-state index contributed by atoms with van der Waals surface area (Å²) in [6.45, 7) is 3.32. The molecule has 8 nitrogen and oxygen atoms in total. The van der Waals surface area contributed by atoms with Crippen molar-refractivity contribution in [1.29, 1.82) is 0 Å². The minimum Gasteiger partial charge on any atom is -0.369 e. The number of nitrogens with zero attached hydrogens (tertiary/aromatic N) is 3. The maximum Gasteiger partial charge on any atom is 0.269 e. The van der Waals surface area contributed by atoms with Crippen LogP contribution in [0.5, 0.6) is 0 Å². The first kappa shape index (κ1) is 19.4. The van der Waals surface area contributed by atoms with E-state index in [1.54, 1.807) is 24.3 Å². The first-order chi connectivity index (χ1) is 13.9. The van der Waals surface area contributed by atoms with Gasteiger partial charge in [0, 0.05) is 37.6 Å². The van der Waals surface area contributed by atoms with E-state index in [2.05, 4.69) is 22.2 Å². The number of carbonyl (C=O) groups excluding carboxylic acids is 2. The van der Waals surface area contributed by atoms with Gasteiger partial charge >= 0.3 is 0 Å². The van der Waals surface area contributed by atoms with Crippen molar-refractivity contribution < 1.29 is 18.0 Å². The van der Waals surface area contributed by atoms with Gasteiger partial charge in [0.2, 0.25) is 5.91 Å². The van der Waals surface area contributed by atoms with Crippen molar-refractivity contribution in [2.24, 2.45) is 0 Å². The Kier molecular flexibility index (Phi) is 5.01. The summed E-state index contributed by atoms with van der Waals surface area (Å²) in [5.74, 6) is -1.25. The molecule has 2 aliphatic heterocycles. The van der Waals surface area contributed by atoms with Gasteiger partial charge in [0.15, 0.2) is 0 Å². The molecule has 1 fully saturated rings. The van der Waals surface area contributed by atoms with Crippen LogP contribution in [0.1, 0.15) is 10.4 Å². The molecule has 0 aliphatic carbocycles. The number of benzene rings is 2. The van der Waals surface area contributed by atoms with Gasteiger partial charge in [-0.2, -0.15) is 0 Å². The Balaban J connectivity index is 1.41. The summed E-state index contributed by atoms with van der Waals surface area (Å²) in [7, 11) is -1.90. The number of fused-ring (bicyclic) bond motifs is 1. The summed E-state index contributed by atoms with van der Waals surface area (Å²) in [6, 6.07) is 13.4. The maximum atomic E-state index is 12.5. The largest absolute Gasteiger partial charge is 0.369 e. The molecule has 1 saturated heterocycles. The highest BCUT2D eigenvalue weighted by atomic mass is 32.2. The molecule has 2 aromatic carbocycles. The smallest absolute Gasteiger partial charge is 0.269 e. The molecule has 2 aromatic rings. The summed E-state index contributed by atoms with van der Waals surface area (Å²) in [5, 5.41) is 2.67. The molecule has 0 saturated carbocycles. The molecular weight excluding hydrogens is 392 g/mol. The number of likely N-dealkylation sites (N-methyl/N-ethyl adjacent to an activating group) is 1. The Bertz CT molecular complexity index is 1040. The standard InChI is InChI=1S/C20H22N4O4S/c1-22-10-12-23(13-11-22)16-8-6-15(7-9-16)21-19(25)14-24-20(26)17-4-2-3-5-18(17)29(24,27)28/h2-9H,10-14H2,1H3,(H,21,25). The Morgan fingerprint density at radius 3 is 2.31 bits per heavy atom. The number of hydrogen-bond acceptors (Lipinski definition) is 6. The molecule has 9 heteroatoms. The highest BCUT2D eigenvalue weighted by molar-refractivity contribution is 7.90. The molecule has 0 spiro atoms. The first-order valence-electron chi connectivity index (χ1n) is 9.36. The Labute approximate surface area is 169 Å². The molecule has 2 amide bonds. The number of amides is 2. The number of piperazine rings is 1. The molecule has 4 rings (SSSR count). The lowest BCUT2D eigenvalue weighted by molar-refractivity contribution is -0.116. The molecule has 0 unspecified atom stereocenters. The molecule has 0 bridgehead atoms. The van der Waals surface area contributed by atoms with Crippen molar-refractivity contribution in [2.75, 3.05) is 50.0 Å². The van der Waals surface area contributed by atoms with E-state index in [1.165, 1.54) is 12.1 Å². The molecule has 29 heavy (non-hydrogen) atoms. The SMILES string of the molecule is CN1CCN(c2ccc(NC(=O)CN3C(=O)c4ccccc4S3(=O)=O)cc2)CC1. The van der Waals surface area contributed by atoms with Crippen molar-refractivity contribution in [1.82, 2.24) is 9.21 Å². The van der Waals surface area contributed by atoms with Crippen molar-refractivity contribution >= 4 is 33.2 Å². The zero-order chi connectivity index (χ0) is 20.6. The van der Waals surface area contributed by atoms with Crippen LogP contribution >= 0.6 is 0 Å². The summed E-state index contributed by atoms with van der Waals surface area (Å²) < 4.78 is 25.7. The summed E-state index contributed by atoms with van der Waals surface area (Å²) in [4.78, 5) is 29.3. The van der Waals surface area contributed by atoms with E-state index < -0.39 is 28.4 Å². The third-order valence-corrected chi connectivity index (χ3v) is 7.01. The number of nitrogens with one attached hydrogen (secondary N) is 1. The van der Waals surface area contributed by atoms with Crippen molar-refractivity contribution in [3.05, 3.63) is 54.1 Å². The summed E-state index contributed by atoms with van der Waals surface area (Å²) in [6.07, 6.45) is 0. The lowest BCUT2D eigenvalue weighted by atomic mass is 10.2. The van der Waals surface area contributed by atoms with E-state index in [0.29, 0.717) is 9.99 Å². The highest BCUT2D eigenvalue weighted by Gasteiger charge is 2.41. The van der Waals surface area contributed by atoms with E-state index >= 15 is 0 Å². The fraction of sp³-hybridized carbons (Fsp3) is 0.300. The number of carbonyl (C=O) groups is 2. The van der Waals surface area contributed by atoms with Gasteiger partial charge in [0.1, 0.15) is 11.4 Å². The van der Waals surface area contributed by atoms with E-state index in [9.17, 15) is 18.0 Å². The normalized spacial score (nSPS) is 18.6. The average molecular weight is 414 g/mol. The zero-order valence-electron chi connectivity index (χ0n) is 16.0. The van der Waals surface area contributed by atoms with Crippen molar-refractivity contribution in [2.45, 2.75) is 4.90 Å². The van der Waals surface area contributed by atoms with E-state index in [1.807, 2.05) is 12.1 Å². The fourth-order valence-corrected chi connectivity index (χ4v) is 5.06. The van der Waals surface area contributed by atoms with Gasteiger partial charge in [-0.05, 0) is 43.4 Å². The second kappa shape index (κ2) is 7.49. The zero-order valence-corrected chi connectivity index (χ0v) is 16.9. The lowest BCUT2D eigenvalue weighted by Gasteiger charge is -2.34. The van der Waals surface area contributed by atoms with Crippen molar-refractivity contribution in [3.63, 3.8) is 0 Å². The molecular formula is C20H22N4O4S. The lowest BCUT2D eigenvalue weighted by Crippen LogP contribution is -2.44. The monoisotopic (exact) mass is 414 g/mol. The Morgan fingerprint density at radius 1 is 1.00 bits per heavy atom. The number of sulfonamides is 1. The van der Waals surface area contributed by atoms with E-state index in [0.717, 1.165) is 31.9 Å². The summed E-state index contributed by atoms with van der Waals surface area (Å²) in [5.41, 5.74) is 1.72. The molecule has 0 aromatic heterocycles. The fourth-order valence-electron chi connectivity index (χ4n) is 3.54. The van der Waals surface area contributed by atoms with Crippen LogP contribution < -0.4 is 10.2 Å². The van der Waals surface area contributed by atoms with Crippen LogP contribution in [0.3, 0.4) is 0 Å². The molecule has 0 atom stereocenters. The predicted molar refractivity (Wildman–Crippen MR) is 109 cm³/mol. The molecule has 0 radical (unpaired) electrons. The second-order valence-electron chi connectivity index (χ2n) is 7.20. The van der Waals surface area contributed by atoms with Gasteiger partial charge in [-0.1, -0.05) is 12.1 Å². The quantitative estimate of drug-likeness (QED) is 0.809. The first-order valence-corrected chi connectivity index (χ1v) is 10.8. The van der Waals surface area contributed by atoms with Gasteiger partial charge in [-0.3, -0.25) is 9.59 Å². The number of rotatable bonds is 4. The van der Waals surface area contributed by atoms with Gasteiger partial charge in [-0.25, -0.2) is 12.7 Å². The van der Waals surface area contributed by atoms with Crippen LogP contribution in [0.4, 0.5) is 11.4 Å². The van der Waals surface area contributed by atoms with E-state index in [-0.39, 0.29) is 10.5 Å². The van der Waals surface area contributed by atoms with Crippen LogP contribution in [-0.4, -0.2) is 69.2 Å². The highest BCUT2D eigenvalue weighted by Crippen LogP contribution is 2.29. The molecule has 2 aliphatic rings. The maximum absolute atomic E-state index is 12.5. The van der Waals surface area contributed by atoms with E-state index in [4.69, 9.17) is 0 Å². The van der Waals surface area contributed by atoms with Crippen molar-refractivity contribution in [3.8, 4) is 0 Å². The Morgan fingerprint density at radius 2 is 1.66 bits per heavy atom. The Hall–Kier alpha value is -2.91. The van der Waals surface area contributed by atoms with Gasteiger partial charge < -0.3 is 15.1 Å². The number of anilines is 2. The van der Waals surface area contributed by atoms with Gasteiger partial charge in [-0.15, -0.1) is 0 Å². The topological polar surface area (TPSA) is 90.0 Å². The van der Waals surface area contributed by atoms with Crippen LogP contribution in [0.15, 0.2) is 53.4 Å². The van der Waals surface area contributed by atoms with Crippen LogP contribution in [0, 0.1) is 0 Å². The predicted octanol–water partition coefficient (Wildman–Crippen LogP) is 1.22. The minimum absolute atomic E-state index is 0.0608. The van der Waals surface area contributed by atoms with Crippen LogP contribution in [-0.2, 0) is 14.8 Å². The molecule has 2 heterocycles. The van der Waals surface area contributed by atoms with Gasteiger partial charge in [0.25, 0.3) is 15.9 Å². The molecule has 1 N–H and O–H groups in total. The average Bonchev–Trinajstić information content (AvgIpc) is 2.90. The molecule has 152 valence electrons. The third kappa shape index (κ3) is 3.70.